The van der Waals surface area contributed by atoms with Crippen LogP contribution in [0.5, 0.6) is 0 Å². The monoisotopic (exact) mass is 340 g/mol. The Morgan fingerprint density at radius 2 is 2.05 bits per heavy atom. The van der Waals surface area contributed by atoms with Crippen molar-refractivity contribution in [3.63, 3.8) is 0 Å². The molecule has 1 fully saturated rings. The Morgan fingerprint density at radius 1 is 1.40 bits per heavy atom. The van der Waals surface area contributed by atoms with Gasteiger partial charge in [-0.05, 0) is 13.0 Å². The first-order valence-electron chi connectivity index (χ1n) is 5.86. The van der Waals surface area contributed by atoms with Gasteiger partial charge in [0.05, 0.1) is 7.11 Å². The average molecular weight is 341 g/mol. The minimum absolute atomic E-state index is 0.402. The summed E-state index contributed by atoms with van der Waals surface area (Å²) in [6.07, 6.45) is 0. The summed E-state index contributed by atoms with van der Waals surface area (Å²) in [6, 6.07) is 6.49. The van der Waals surface area contributed by atoms with E-state index in [1.165, 1.54) is 7.11 Å². The molecule has 20 heavy (non-hydrogen) atoms. The lowest BCUT2D eigenvalue weighted by molar-refractivity contribution is -0.145. The molecule has 6 nitrogen and oxygen atoms in total. The zero-order valence-electron chi connectivity index (χ0n) is 11.0. The average Bonchev–Trinajstić information content (AvgIpc) is 2.63. The van der Waals surface area contributed by atoms with Crippen LogP contribution in [0.15, 0.2) is 28.7 Å². The van der Waals surface area contributed by atoms with Gasteiger partial charge in [-0.2, -0.15) is 0 Å². The molecule has 0 aromatic heterocycles. The minimum atomic E-state index is -1.20. The molecule has 1 aromatic carbocycles. The van der Waals surface area contributed by atoms with Gasteiger partial charge in [0, 0.05) is 10.0 Å². The zero-order valence-corrected chi connectivity index (χ0v) is 12.6. The van der Waals surface area contributed by atoms with Gasteiger partial charge in [-0.1, -0.05) is 34.1 Å². The fourth-order valence-corrected chi connectivity index (χ4v) is 2.76. The summed E-state index contributed by atoms with van der Waals surface area (Å²) in [7, 11) is 1.20. The predicted molar refractivity (Wildman–Crippen MR) is 73.8 cm³/mol. The lowest BCUT2D eigenvalue weighted by atomic mass is 9.92. The highest BCUT2D eigenvalue weighted by Crippen LogP contribution is 2.33. The van der Waals surface area contributed by atoms with Gasteiger partial charge in [0.2, 0.25) is 0 Å². The number of hydrogen-bond acceptors (Lipinski definition) is 4. The summed E-state index contributed by atoms with van der Waals surface area (Å²) >= 11 is 3.36. The molecule has 1 atom stereocenters. The van der Waals surface area contributed by atoms with Crippen molar-refractivity contribution < 1.29 is 19.1 Å². The number of urea groups is 1. The first-order valence-corrected chi connectivity index (χ1v) is 6.65. The van der Waals surface area contributed by atoms with E-state index in [1.54, 1.807) is 25.1 Å². The summed E-state index contributed by atoms with van der Waals surface area (Å²) in [5.74, 6) is -1.13. The van der Waals surface area contributed by atoms with Crippen LogP contribution in [0.2, 0.25) is 0 Å². The third-order valence-corrected chi connectivity index (χ3v) is 3.89. The quantitative estimate of drug-likeness (QED) is 0.666. The molecule has 1 aliphatic heterocycles. The number of rotatable bonds is 3. The van der Waals surface area contributed by atoms with Gasteiger partial charge in [-0.25, -0.2) is 4.79 Å². The summed E-state index contributed by atoms with van der Waals surface area (Å²) in [5, 5.41) is 2.62. The Bertz CT molecular complexity index is 589. The molecule has 0 unspecified atom stereocenters. The molecule has 106 valence electrons. The van der Waals surface area contributed by atoms with E-state index in [2.05, 4.69) is 26.0 Å². The number of hydrogen-bond donors (Lipinski definition) is 1. The van der Waals surface area contributed by atoms with E-state index in [-0.39, 0.29) is 0 Å². The minimum Gasteiger partial charge on any atom is -0.468 e. The first-order chi connectivity index (χ1) is 9.40. The Hall–Kier alpha value is -1.89. The summed E-state index contributed by atoms with van der Waals surface area (Å²) in [6.45, 7) is 1.20. The molecule has 0 radical (unpaired) electrons. The highest BCUT2D eigenvalue weighted by atomic mass is 79.9. The molecule has 0 aliphatic carbocycles. The summed E-state index contributed by atoms with van der Waals surface area (Å²) in [5.41, 5.74) is -0.573. The lowest BCUT2D eigenvalue weighted by Gasteiger charge is -2.23. The number of halogens is 1. The maximum absolute atomic E-state index is 12.5. The van der Waals surface area contributed by atoms with E-state index in [1.807, 2.05) is 6.07 Å². The first kappa shape index (κ1) is 14.5. The number of carbonyl (C=O) groups excluding carboxylic acids is 3. The van der Waals surface area contributed by atoms with Crippen LogP contribution in [0, 0.1) is 0 Å². The fourth-order valence-electron chi connectivity index (χ4n) is 2.08. The second-order valence-corrected chi connectivity index (χ2v) is 5.36. The van der Waals surface area contributed by atoms with Gasteiger partial charge in [0.25, 0.3) is 5.91 Å². The van der Waals surface area contributed by atoms with Crippen LogP contribution in [0.3, 0.4) is 0 Å². The van der Waals surface area contributed by atoms with Crippen LogP contribution in [0.25, 0.3) is 0 Å². The van der Waals surface area contributed by atoms with Crippen LogP contribution in [-0.2, 0) is 19.9 Å². The molecule has 3 amide bonds. The molecule has 7 heteroatoms. The number of ether oxygens (including phenoxy) is 1. The number of methoxy groups -OCH3 is 1. The number of nitrogens with zero attached hydrogens (tertiary/aromatic N) is 1. The maximum Gasteiger partial charge on any atom is 0.325 e. The van der Waals surface area contributed by atoms with Crippen LogP contribution >= 0.6 is 15.9 Å². The van der Waals surface area contributed by atoms with Crippen molar-refractivity contribution >= 4 is 33.8 Å². The van der Waals surface area contributed by atoms with Gasteiger partial charge in [-0.15, -0.1) is 0 Å². The molecule has 1 heterocycles. The molecule has 0 spiro atoms. The van der Waals surface area contributed by atoms with E-state index in [0.29, 0.717) is 10.0 Å². The number of esters is 1. The molecule has 2 rings (SSSR count). The second kappa shape index (κ2) is 5.24. The standard InChI is InChI=1S/C13H13BrN2O4/c1-13(8-5-3-4-6-9(8)14)11(18)16(12(19)15-13)7-10(17)20-2/h3-6H,7H2,1-2H3,(H,15,19)/t13-/m0/s1. The number of nitrogens with one attached hydrogen (secondary N) is 1. The fraction of sp³-hybridized carbons (Fsp3) is 0.308. The van der Waals surface area contributed by atoms with Crippen molar-refractivity contribution in [2.75, 3.05) is 13.7 Å². The van der Waals surface area contributed by atoms with Gasteiger partial charge in [0.15, 0.2) is 0 Å². The van der Waals surface area contributed by atoms with Crippen molar-refractivity contribution in [2.45, 2.75) is 12.5 Å². The number of amides is 3. The SMILES string of the molecule is COC(=O)CN1C(=O)N[C@@](C)(c2ccccc2Br)C1=O. The largest absolute Gasteiger partial charge is 0.468 e. The highest BCUT2D eigenvalue weighted by Gasteiger charge is 2.50. The van der Waals surface area contributed by atoms with Crippen LogP contribution in [0.4, 0.5) is 4.79 Å². The van der Waals surface area contributed by atoms with E-state index in [4.69, 9.17) is 0 Å². The van der Waals surface area contributed by atoms with Gasteiger partial charge in [-0.3, -0.25) is 14.5 Å². The molecular formula is C13H13BrN2O4. The van der Waals surface area contributed by atoms with E-state index in [0.717, 1.165) is 4.90 Å². The Morgan fingerprint density at radius 3 is 2.65 bits per heavy atom. The zero-order chi connectivity index (χ0) is 14.9. The maximum atomic E-state index is 12.5. The van der Waals surface area contributed by atoms with E-state index >= 15 is 0 Å². The van der Waals surface area contributed by atoms with Crippen molar-refractivity contribution in [3.05, 3.63) is 34.3 Å². The molecule has 1 aromatic rings. The summed E-state index contributed by atoms with van der Waals surface area (Å²) in [4.78, 5) is 36.5. The third-order valence-electron chi connectivity index (χ3n) is 3.20. The van der Waals surface area contributed by atoms with E-state index in [9.17, 15) is 14.4 Å². The number of imide groups is 1. The Balaban J connectivity index is 2.36. The Labute approximate surface area is 124 Å². The number of carbonyl (C=O) groups is 3. The summed E-state index contributed by atoms with van der Waals surface area (Å²) < 4.78 is 5.19. The van der Waals surface area contributed by atoms with Gasteiger partial charge >= 0.3 is 12.0 Å². The third kappa shape index (κ3) is 2.29. The molecular weight excluding hydrogens is 328 g/mol. The van der Waals surface area contributed by atoms with Crippen LogP contribution < -0.4 is 5.32 Å². The Kier molecular flexibility index (Phi) is 3.80. The molecule has 0 bridgehead atoms. The van der Waals surface area contributed by atoms with Gasteiger partial charge in [0.1, 0.15) is 12.1 Å². The van der Waals surface area contributed by atoms with Crippen molar-refractivity contribution in [3.8, 4) is 0 Å². The lowest BCUT2D eigenvalue weighted by Crippen LogP contribution is -2.41. The molecule has 1 saturated heterocycles. The molecule has 1 N–H and O–H groups in total. The second-order valence-electron chi connectivity index (χ2n) is 4.50. The topological polar surface area (TPSA) is 75.7 Å². The molecule has 0 saturated carbocycles. The normalized spacial score (nSPS) is 21.9. The molecule has 1 aliphatic rings. The van der Waals surface area contributed by atoms with Crippen LogP contribution in [-0.4, -0.2) is 36.5 Å². The highest BCUT2D eigenvalue weighted by molar-refractivity contribution is 9.10. The smallest absolute Gasteiger partial charge is 0.325 e. The van der Waals surface area contributed by atoms with Gasteiger partial charge < -0.3 is 10.1 Å². The van der Waals surface area contributed by atoms with Crippen molar-refractivity contribution in [1.82, 2.24) is 10.2 Å². The van der Waals surface area contributed by atoms with Crippen LogP contribution in [0.1, 0.15) is 12.5 Å². The van der Waals surface area contributed by atoms with E-state index < -0.39 is 30.0 Å². The van der Waals surface area contributed by atoms with Crippen molar-refractivity contribution in [2.24, 2.45) is 0 Å². The number of benzene rings is 1. The predicted octanol–water partition coefficient (Wildman–Crippen LogP) is 1.39. The van der Waals surface area contributed by atoms with Crippen molar-refractivity contribution in [1.29, 1.82) is 0 Å².